The second kappa shape index (κ2) is 12.4. The Morgan fingerprint density at radius 1 is 1.05 bits per heavy atom. The van der Waals surface area contributed by atoms with Crippen LogP contribution in [-0.4, -0.2) is 33.6 Å². The summed E-state index contributed by atoms with van der Waals surface area (Å²) in [5, 5.41) is 19.9. The van der Waals surface area contributed by atoms with E-state index in [-0.39, 0.29) is 16.5 Å². The fraction of sp³-hybridized carbons (Fsp3) is 0.200. The molecule has 0 radical (unpaired) electrons. The molecule has 1 aromatic heterocycles. The van der Waals surface area contributed by atoms with Crippen LogP contribution in [0.4, 0.5) is 9.52 Å². The third kappa shape index (κ3) is 5.93. The van der Waals surface area contributed by atoms with Crippen molar-refractivity contribution < 1.29 is 23.8 Å². The van der Waals surface area contributed by atoms with Crippen LogP contribution in [0.25, 0.3) is 5.76 Å². The highest BCUT2D eigenvalue weighted by Crippen LogP contribution is 2.44. The SMILES string of the molecule is CCCCOc1ccc(/C(O)=C2/C(=O)C(=O)N(c3nnc(SCc4ccccc4)s3)C2c2cccc(F)c2)cc1. The molecule has 3 aromatic carbocycles. The molecule has 1 N–H and O–H groups in total. The van der Waals surface area contributed by atoms with Crippen LogP contribution < -0.4 is 9.64 Å². The van der Waals surface area contributed by atoms with E-state index in [9.17, 15) is 19.1 Å². The monoisotopic (exact) mass is 575 g/mol. The van der Waals surface area contributed by atoms with Crippen molar-refractivity contribution in [2.24, 2.45) is 0 Å². The second-order valence-electron chi connectivity index (χ2n) is 9.08. The van der Waals surface area contributed by atoms with Gasteiger partial charge >= 0.3 is 5.91 Å². The fourth-order valence-corrected chi connectivity index (χ4v) is 6.12. The third-order valence-electron chi connectivity index (χ3n) is 6.31. The maximum Gasteiger partial charge on any atom is 0.301 e. The number of anilines is 1. The predicted octanol–water partition coefficient (Wildman–Crippen LogP) is 6.77. The molecular weight excluding hydrogens is 549 g/mol. The molecule has 7 nitrogen and oxygen atoms in total. The number of aromatic nitrogens is 2. The lowest BCUT2D eigenvalue weighted by atomic mass is 9.95. The summed E-state index contributed by atoms with van der Waals surface area (Å²) in [6.07, 6.45) is 1.91. The normalized spacial score (nSPS) is 16.4. The van der Waals surface area contributed by atoms with E-state index in [1.165, 1.54) is 34.9 Å². The molecule has 0 aliphatic carbocycles. The van der Waals surface area contributed by atoms with Crippen molar-refractivity contribution in [3.05, 3.63) is 107 Å². The topological polar surface area (TPSA) is 92.6 Å². The standard InChI is InChI=1S/C30H26FN3O4S2/c1-2-3-16-38-23-14-12-20(13-15-23)26(35)24-25(21-10-7-11-22(31)17-21)34(28(37)27(24)36)29-32-33-30(40-29)39-18-19-8-5-4-6-9-19/h4-15,17,25,35H,2-3,16,18H2,1H3/b26-24-. The van der Waals surface area contributed by atoms with Crippen molar-refractivity contribution in [2.45, 2.75) is 35.9 Å². The van der Waals surface area contributed by atoms with Crippen molar-refractivity contribution in [3.8, 4) is 5.75 Å². The van der Waals surface area contributed by atoms with Gasteiger partial charge in [-0.25, -0.2) is 4.39 Å². The zero-order valence-electron chi connectivity index (χ0n) is 21.6. The number of carbonyl (C=O) groups is 2. The summed E-state index contributed by atoms with van der Waals surface area (Å²) in [5.74, 6) is -1.37. The number of aliphatic hydroxyl groups excluding tert-OH is 1. The van der Waals surface area contributed by atoms with Crippen LogP contribution in [0.5, 0.6) is 5.75 Å². The zero-order valence-corrected chi connectivity index (χ0v) is 23.3. The number of thioether (sulfide) groups is 1. The Labute approximate surface area is 239 Å². The van der Waals surface area contributed by atoms with Crippen molar-refractivity contribution in [2.75, 3.05) is 11.5 Å². The summed E-state index contributed by atoms with van der Waals surface area (Å²) in [6.45, 7) is 2.64. The molecule has 1 aliphatic rings. The third-order valence-corrected chi connectivity index (χ3v) is 8.44. The van der Waals surface area contributed by atoms with Crippen molar-refractivity contribution in [3.63, 3.8) is 0 Å². The van der Waals surface area contributed by atoms with Gasteiger partial charge in [0.1, 0.15) is 17.3 Å². The number of benzene rings is 3. The van der Waals surface area contributed by atoms with Gasteiger partial charge in [0, 0.05) is 11.3 Å². The van der Waals surface area contributed by atoms with Crippen molar-refractivity contribution in [1.29, 1.82) is 0 Å². The van der Waals surface area contributed by atoms with Crippen LogP contribution in [0.3, 0.4) is 0 Å². The van der Waals surface area contributed by atoms with Crippen molar-refractivity contribution >= 4 is 45.7 Å². The first kappa shape index (κ1) is 27.5. The summed E-state index contributed by atoms with van der Waals surface area (Å²) in [4.78, 5) is 27.9. The van der Waals surface area contributed by atoms with Crippen LogP contribution in [0.15, 0.2) is 88.8 Å². The van der Waals surface area contributed by atoms with E-state index in [1.807, 2.05) is 30.3 Å². The Bertz CT molecular complexity index is 1540. The number of hydrogen-bond acceptors (Lipinski definition) is 8. The molecule has 0 spiro atoms. The number of ether oxygens (including phenoxy) is 1. The quantitative estimate of drug-likeness (QED) is 0.0557. The molecule has 1 unspecified atom stereocenters. The highest BCUT2D eigenvalue weighted by atomic mass is 32.2. The Hall–Kier alpha value is -4.02. The Kier molecular flexibility index (Phi) is 8.57. The van der Waals surface area contributed by atoms with Crippen LogP contribution in [-0.2, 0) is 15.3 Å². The van der Waals surface area contributed by atoms with Gasteiger partial charge in [-0.15, -0.1) is 10.2 Å². The highest BCUT2D eigenvalue weighted by Gasteiger charge is 2.48. The number of hydrogen-bond donors (Lipinski definition) is 1. The van der Waals surface area contributed by atoms with E-state index in [2.05, 4.69) is 17.1 Å². The number of aliphatic hydroxyl groups is 1. The van der Waals surface area contributed by atoms with Gasteiger partial charge in [0.25, 0.3) is 5.78 Å². The molecule has 2 heterocycles. The lowest BCUT2D eigenvalue weighted by Gasteiger charge is -2.22. The summed E-state index contributed by atoms with van der Waals surface area (Å²) < 4.78 is 20.6. The molecule has 204 valence electrons. The zero-order chi connectivity index (χ0) is 28.1. The molecular formula is C30H26FN3O4S2. The molecule has 10 heteroatoms. The summed E-state index contributed by atoms with van der Waals surface area (Å²) in [7, 11) is 0. The van der Waals surface area contributed by atoms with Crippen molar-refractivity contribution in [1.82, 2.24) is 10.2 Å². The molecule has 0 saturated carbocycles. The van der Waals surface area contributed by atoms with Crippen LogP contribution in [0, 0.1) is 5.82 Å². The maximum atomic E-state index is 14.3. The van der Waals surface area contributed by atoms with Gasteiger partial charge in [-0.3, -0.25) is 14.5 Å². The molecule has 1 amide bonds. The molecule has 4 aromatic rings. The van der Waals surface area contributed by atoms with E-state index in [0.29, 0.717) is 33.6 Å². The number of rotatable bonds is 10. The molecule has 1 fully saturated rings. The first-order valence-corrected chi connectivity index (χ1v) is 14.6. The Morgan fingerprint density at radius 2 is 1.82 bits per heavy atom. The van der Waals surface area contributed by atoms with Gasteiger partial charge < -0.3 is 9.84 Å². The summed E-state index contributed by atoms with van der Waals surface area (Å²) >= 11 is 2.61. The first-order chi connectivity index (χ1) is 19.5. The van der Waals surface area contributed by atoms with Crippen LogP contribution in [0.2, 0.25) is 0 Å². The van der Waals surface area contributed by atoms with E-state index in [4.69, 9.17) is 4.74 Å². The molecule has 0 bridgehead atoms. The first-order valence-electron chi connectivity index (χ1n) is 12.8. The average molecular weight is 576 g/mol. The van der Waals surface area contributed by atoms with E-state index in [0.717, 1.165) is 29.7 Å². The second-order valence-corrected chi connectivity index (χ2v) is 11.3. The van der Waals surface area contributed by atoms with E-state index < -0.39 is 23.5 Å². The number of ketones is 1. The summed E-state index contributed by atoms with van der Waals surface area (Å²) in [5.41, 5.74) is 1.61. The van der Waals surface area contributed by atoms with Gasteiger partial charge in [-0.2, -0.15) is 0 Å². The van der Waals surface area contributed by atoms with E-state index in [1.54, 1.807) is 30.3 Å². The number of carbonyl (C=O) groups excluding carboxylic acids is 2. The molecule has 1 aliphatic heterocycles. The minimum atomic E-state index is -1.09. The van der Waals surface area contributed by atoms with Crippen LogP contribution in [0.1, 0.15) is 42.5 Å². The van der Waals surface area contributed by atoms with Crippen LogP contribution >= 0.6 is 23.1 Å². The summed E-state index contributed by atoms with van der Waals surface area (Å²) in [6, 6.07) is 21.0. The Morgan fingerprint density at radius 3 is 2.55 bits per heavy atom. The lowest BCUT2D eigenvalue weighted by Crippen LogP contribution is -2.29. The molecule has 1 atom stereocenters. The predicted molar refractivity (Wildman–Crippen MR) is 154 cm³/mol. The molecule has 1 saturated heterocycles. The number of amides is 1. The van der Waals surface area contributed by atoms with E-state index >= 15 is 0 Å². The smallest absolute Gasteiger partial charge is 0.301 e. The lowest BCUT2D eigenvalue weighted by molar-refractivity contribution is -0.132. The largest absolute Gasteiger partial charge is 0.507 e. The van der Waals surface area contributed by atoms with Gasteiger partial charge in [0.15, 0.2) is 4.34 Å². The molecule has 5 rings (SSSR count). The minimum Gasteiger partial charge on any atom is -0.507 e. The average Bonchev–Trinajstić information content (AvgIpc) is 3.54. The van der Waals surface area contributed by atoms with Gasteiger partial charge in [-0.05, 0) is 53.9 Å². The number of unbranched alkanes of at least 4 members (excludes halogenated alkanes) is 1. The van der Waals surface area contributed by atoms with Gasteiger partial charge in [0.2, 0.25) is 5.13 Å². The number of nitrogens with zero attached hydrogens (tertiary/aromatic N) is 3. The van der Waals surface area contributed by atoms with Gasteiger partial charge in [0.05, 0.1) is 18.2 Å². The maximum absolute atomic E-state index is 14.3. The highest BCUT2D eigenvalue weighted by molar-refractivity contribution is 8.00. The minimum absolute atomic E-state index is 0.149. The number of Topliss-reactive ketones (excluding diaryl/α,β-unsaturated/α-hetero) is 1. The Balaban J connectivity index is 1.49. The van der Waals surface area contributed by atoms with Gasteiger partial charge in [-0.1, -0.05) is 78.9 Å². The molecule has 40 heavy (non-hydrogen) atoms. The fourth-order valence-electron chi connectivity index (χ4n) is 4.30. The number of halogens is 1.